The van der Waals surface area contributed by atoms with E-state index in [1.807, 2.05) is 13.1 Å². The molecule has 5 nitrogen and oxygen atoms in total. The van der Waals surface area contributed by atoms with Gasteiger partial charge in [-0.25, -0.2) is 0 Å². The van der Waals surface area contributed by atoms with Crippen LogP contribution in [0.1, 0.15) is 18.2 Å². The van der Waals surface area contributed by atoms with E-state index in [2.05, 4.69) is 17.1 Å². The Kier molecular flexibility index (Phi) is 7.74. The van der Waals surface area contributed by atoms with E-state index >= 15 is 0 Å². The fourth-order valence-electron chi connectivity index (χ4n) is 2.05. The average molecular weight is 270 g/mol. The maximum absolute atomic E-state index is 5.50. The van der Waals surface area contributed by atoms with Crippen molar-refractivity contribution in [1.29, 1.82) is 0 Å². The number of nitrogens with one attached hydrogen (secondary N) is 1. The summed E-state index contributed by atoms with van der Waals surface area (Å²) in [6.45, 7) is 6.07. The Balaban J connectivity index is 2.66. The summed E-state index contributed by atoms with van der Waals surface area (Å²) in [4.78, 5) is 2.34. The molecule has 0 saturated carbocycles. The zero-order valence-electron chi connectivity index (χ0n) is 12.4. The lowest BCUT2D eigenvalue weighted by Gasteiger charge is -2.28. The van der Waals surface area contributed by atoms with Crippen molar-refractivity contribution >= 4 is 0 Å². The molecule has 0 amide bonds. The number of rotatable bonds is 10. The molecule has 19 heavy (non-hydrogen) atoms. The van der Waals surface area contributed by atoms with Gasteiger partial charge in [0, 0.05) is 38.9 Å². The smallest absolute Gasteiger partial charge is 0.122 e. The van der Waals surface area contributed by atoms with Gasteiger partial charge in [0.15, 0.2) is 0 Å². The fraction of sp³-hybridized carbons (Fsp3) is 0.714. The summed E-state index contributed by atoms with van der Waals surface area (Å²) < 4.78 is 15.9. The first-order valence-corrected chi connectivity index (χ1v) is 6.64. The molecule has 0 spiro atoms. The van der Waals surface area contributed by atoms with Crippen LogP contribution >= 0.6 is 0 Å². The third kappa shape index (κ3) is 5.32. The largest absolute Gasteiger partial charge is 0.468 e. The Morgan fingerprint density at radius 2 is 2.16 bits per heavy atom. The molecule has 1 unspecified atom stereocenters. The quantitative estimate of drug-likeness (QED) is 0.698. The van der Waals surface area contributed by atoms with E-state index < -0.39 is 0 Å². The van der Waals surface area contributed by atoms with Crippen LogP contribution in [0, 0.1) is 0 Å². The van der Waals surface area contributed by atoms with Gasteiger partial charge in [0.25, 0.3) is 0 Å². The topological polar surface area (TPSA) is 46.9 Å². The van der Waals surface area contributed by atoms with Gasteiger partial charge in [0.05, 0.1) is 26.0 Å². The summed E-state index contributed by atoms with van der Waals surface area (Å²) in [5.74, 6) is 0.995. The molecule has 0 radical (unpaired) electrons. The molecule has 0 saturated heterocycles. The number of ether oxygens (including phenoxy) is 2. The minimum atomic E-state index is 0.345. The lowest BCUT2D eigenvalue weighted by Crippen LogP contribution is -2.38. The van der Waals surface area contributed by atoms with Crippen LogP contribution in [0.2, 0.25) is 0 Å². The molecule has 0 aliphatic carbocycles. The van der Waals surface area contributed by atoms with Crippen molar-refractivity contribution < 1.29 is 13.9 Å². The second-order valence-corrected chi connectivity index (χ2v) is 4.67. The van der Waals surface area contributed by atoms with E-state index in [0.717, 1.165) is 25.4 Å². The Hall–Kier alpha value is -0.880. The van der Waals surface area contributed by atoms with Crippen LogP contribution in [0.5, 0.6) is 0 Å². The highest BCUT2D eigenvalue weighted by Gasteiger charge is 2.16. The third-order valence-corrected chi connectivity index (χ3v) is 3.16. The second kappa shape index (κ2) is 9.09. The molecular weight excluding hydrogens is 244 g/mol. The van der Waals surface area contributed by atoms with Crippen molar-refractivity contribution in [3.8, 4) is 0 Å². The highest BCUT2D eigenvalue weighted by atomic mass is 16.5. The summed E-state index contributed by atoms with van der Waals surface area (Å²) in [5, 5.41) is 3.12. The minimum Gasteiger partial charge on any atom is -0.468 e. The van der Waals surface area contributed by atoms with E-state index in [1.165, 1.54) is 5.56 Å². The van der Waals surface area contributed by atoms with Crippen molar-refractivity contribution in [2.45, 2.75) is 26.1 Å². The predicted octanol–water partition coefficient (Wildman–Crippen LogP) is 1.48. The lowest BCUT2D eigenvalue weighted by atomic mass is 10.2. The van der Waals surface area contributed by atoms with Gasteiger partial charge in [0.2, 0.25) is 0 Å². The Labute approximate surface area is 115 Å². The molecule has 0 aliphatic heterocycles. The SMILES string of the molecule is CNCc1occc1CN(CCOC)C(C)COC. The number of furan rings is 1. The normalized spacial score (nSPS) is 13.1. The van der Waals surface area contributed by atoms with Crippen molar-refractivity contribution in [3.63, 3.8) is 0 Å². The lowest BCUT2D eigenvalue weighted by molar-refractivity contribution is 0.0701. The van der Waals surface area contributed by atoms with Gasteiger partial charge in [-0.15, -0.1) is 0 Å². The van der Waals surface area contributed by atoms with Crippen LogP contribution in [0.25, 0.3) is 0 Å². The van der Waals surface area contributed by atoms with Crippen LogP contribution in [-0.4, -0.2) is 52.0 Å². The van der Waals surface area contributed by atoms with Crippen molar-refractivity contribution in [2.24, 2.45) is 0 Å². The second-order valence-electron chi connectivity index (χ2n) is 4.67. The first-order chi connectivity index (χ1) is 9.22. The minimum absolute atomic E-state index is 0.345. The molecule has 1 rings (SSSR count). The molecule has 1 heterocycles. The summed E-state index contributed by atoms with van der Waals surface area (Å²) in [5.41, 5.74) is 1.22. The monoisotopic (exact) mass is 270 g/mol. The van der Waals surface area contributed by atoms with Crippen LogP contribution in [0.3, 0.4) is 0 Å². The number of hydrogen-bond donors (Lipinski definition) is 1. The molecule has 5 heteroatoms. The van der Waals surface area contributed by atoms with Gasteiger partial charge < -0.3 is 19.2 Å². The highest BCUT2D eigenvalue weighted by molar-refractivity contribution is 5.17. The highest BCUT2D eigenvalue weighted by Crippen LogP contribution is 2.15. The van der Waals surface area contributed by atoms with Crippen LogP contribution in [0.4, 0.5) is 0 Å². The van der Waals surface area contributed by atoms with Gasteiger partial charge in [-0.3, -0.25) is 4.90 Å². The van der Waals surface area contributed by atoms with Crippen LogP contribution in [-0.2, 0) is 22.6 Å². The number of methoxy groups -OCH3 is 2. The van der Waals surface area contributed by atoms with E-state index in [0.29, 0.717) is 19.3 Å². The van der Waals surface area contributed by atoms with Gasteiger partial charge in [-0.05, 0) is 20.0 Å². The molecule has 110 valence electrons. The first kappa shape index (κ1) is 16.2. The van der Waals surface area contributed by atoms with Gasteiger partial charge in [0.1, 0.15) is 5.76 Å². The molecule has 1 aromatic rings. The Morgan fingerprint density at radius 1 is 1.37 bits per heavy atom. The van der Waals surface area contributed by atoms with E-state index in [1.54, 1.807) is 20.5 Å². The average Bonchev–Trinajstić information content (AvgIpc) is 2.82. The summed E-state index contributed by atoms with van der Waals surface area (Å²) in [7, 11) is 5.38. The molecule has 0 aliphatic rings. The van der Waals surface area contributed by atoms with Crippen molar-refractivity contribution in [3.05, 3.63) is 23.7 Å². The molecule has 1 atom stereocenters. The summed E-state index contributed by atoms with van der Waals surface area (Å²) >= 11 is 0. The molecule has 0 aromatic carbocycles. The van der Waals surface area contributed by atoms with E-state index in [-0.39, 0.29) is 0 Å². The van der Waals surface area contributed by atoms with E-state index in [9.17, 15) is 0 Å². The Bertz CT molecular complexity index is 341. The molecule has 0 fully saturated rings. The third-order valence-electron chi connectivity index (χ3n) is 3.16. The first-order valence-electron chi connectivity index (χ1n) is 6.64. The predicted molar refractivity (Wildman–Crippen MR) is 75.1 cm³/mol. The zero-order valence-corrected chi connectivity index (χ0v) is 12.4. The summed E-state index contributed by atoms with van der Waals surface area (Å²) in [6, 6.07) is 2.38. The van der Waals surface area contributed by atoms with Crippen LogP contribution in [0.15, 0.2) is 16.7 Å². The van der Waals surface area contributed by atoms with Crippen LogP contribution < -0.4 is 5.32 Å². The van der Waals surface area contributed by atoms with Crippen molar-refractivity contribution in [2.75, 3.05) is 41.0 Å². The molecular formula is C14H26N2O3. The molecule has 1 aromatic heterocycles. The van der Waals surface area contributed by atoms with Gasteiger partial charge in [-0.1, -0.05) is 0 Å². The number of hydrogen-bond acceptors (Lipinski definition) is 5. The Morgan fingerprint density at radius 3 is 2.79 bits per heavy atom. The summed E-state index contributed by atoms with van der Waals surface area (Å²) in [6.07, 6.45) is 1.75. The zero-order chi connectivity index (χ0) is 14.1. The molecule has 1 N–H and O–H groups in total. The molecule has 0 bridgehead atoms. The van der Waals surface area contributed by atoms with Gasteiger partial charge >= 0.3 is 0 Å². The van der Waals surface area contributed by atoms with Gasteiger partial charge in [-0.2, -0.15) is 0 Å². The standard InChI is InChI=1S/C14H26N2O3/c1-12(11-18-4)16(6-8-17-3)10-13-5-7-19-14(13)9-15-2/h5,7,12,15H,6,8-11H2,1-4H3. The fourth-order valence-corrected chi connectivity index (χ4v) is 2.05. The maximum Gasteiger partial charge on any atom is 0.122 e. The van der Waals surface area contributed by atoms with E-state index in [4.69, 9.17) is 13.9 Å². The maximum atomic E-state index is 5.50. The van der Waals surface area contributed by atoms with Crippen molar-refractivity contribution in [1.82, 2.24) is 10.2 Å². The number of nitrogens with zero attached hydrogens (tertiary/aromatic N) is 1.